The number of rotatable bonds is 4. The Kier molecular flexibility index (Phi) is 4.82. The molecule has 1 amide bonds. The second-order valence-electron chi connectivity index (χ2n) is 5.08. The fraction of sp³-hybridized carbons (Fsp3) is 0.500. The molecule has 0 aromatic heterocycles. The highest BCUT2D eigenvalue weighted by Gasteiger charge is 2.18. The predicted octanol–water partition coefficient (Wildman–Crippen LogP) is 2.25. The molecule has 1 aromatic rings. The van der Waals surface area contributed by atoms with Crippen LogP contribution in [0.15, 0.2) is 22.7 Å². The molecule has 2 rings (SSSR count). The van der Waals surface area contributed by atoms with Crippen LogP contribution in [-0.2, 0) is 0 Å². The van der Waals surface area contributed by atoms with Gasteiger partial charge in [-0.1, -0.05) is 15.9 Å². The van der Waals surface area contributed by atoms with E-state index in [1.54, 1.807) is 18.2 Å². The van der Waals surface area contributed by atoms with Crippen molar-refractivity contribution in [3.05, 3.63) is 28.2 Å². The van der Waals surface area contributed by atoms with Crippen LogP contribution in [0.3, 0.4) is 0 Å². The number of nitrogens with zero attached hydrogens (tertiary/aromatic N) is 1. The zero-order valence-electron chi connectivity index (χ0n) is 11.2. The third-order valence-corrected chi connectivity index (χ3v) is 3.96. The summed E-state index contributed by atoms with van der Waals surface area (Å²) in [6, 6.07) is 5.65. The number of nitrogen functional groups attached to an aromatic ring is 1. The van der Waals surface area contributed by atoms with Crippen LogP contribution < -0.4 is 11.1 Å². The van der Waals surface area contributed by atoms with E-state index >= 15 is 0 Å². The molecule has 1 heterocycles. The Hall–Kier alpha value is -1.07. The molecule has 1 saturated heterocycles. The quantitative estimate of drug-likeness (QED) is 0.835. The Labute approximate surface area is 122 Å². The summed E-state index contributed by atoms with van der Waals surface area (Å²) in [5, 5.41) is 2.97. The van der Waals surface area contributed by atoms with Crippen molar-refractivity contribution in [1.82, 2.24) is 10.2 Å². The number of hydrogen-bond donors (Lipinski definition) is 2. The minimum absolute atomic E-state index is 0.0703. The molecule has 0 bridgehead atoms. The summed E-state index contributed by atoms with van der Waals surface area (Å²) in [5.74, 6) is -0.0703. The lowest BCUT2D eigenvalue weighted by Gasteiger charge is -2.23. The standard InChI is InChI=1S/C14H20BrN3O/c1-10(18-4-2-3-5-18)9-17-14(19)11-6-12(15)8-13(16)7-11/h6-8,10H,2-5,9,16H2,1H3,(H,17,19). The van der Waals surface area contributed by atoms with Crippen molar-refractivity contribution in [1.29, 1.82) is 0 Å². The Morgan fingerprint density at radius 1 is 1.42 bits per heavy atom. The summed E-state index contributed by atoms with van der Waals surface area (Å²) < 4.78 is 0.824. The highest BCUT2D eigenvalue weighted by Crippen LogP contribution is 2.17. The molecule has 5 heteroatoms. The van der Waals surface area contributed by atoms with Crippen LogP contribution in [-0.4, -0.2) is 36.5 Å². The first-order valence-corrected chi connectivity index (χ1v) is 7.44. The summed E-state index contributed by atoms with van der Waals surface area (Å²) >= 11 is 3.35. The van der Waals surface area contributed by atoms with E-state index < -0.39 is 0 Å². The van der Waals surface area contributed by atoms with E-state index in [-0.39, 0.29) is 5.91 Å². The highest BCUT2D eigenvalue weighted by molar-refractivity contribution is 9.10. The fourth-order valence-corrected chi connectivity index (χ4v) is 2.91. The van der Waals surface area contributed by atoms with E-state index in [4.69, 9.17) is 5.73 Å². The molecule has 1 aromatic carbocycles. The van der Waals surface area contributed by atoms with Crippen LogP contribution in [0.2, 0.25) is 0 Å². The molecule has 104 valence electrons. The van der Waals surface area contributed by atoms with Gasteiger partial charge in [-0.15, -0.1) is 0 Å². The van der Waals surface area contributed by atoms with Gasteiger partial charge in [-0.25, -0.2) is 0 Å². The zero-order valence-corrected chi connectivity index (χ0v) is 12.7. The molecule has 4 nitrogen and oxygen atoms in total. The average molecular weight is 326 g/mol. The van der Waals surface area contributed by atoms with E-state index in [0.717, 1.165) is 17.6 Å². The normalized spacial score (nSPS) is 17.4. The van der Waals surface area contributed by atoms with E-state index in [2.05, 4.69) is 33.1 Å². The molecule has 3 N–H and O–H groups in total. The first kappa shape index (κ1) is 14.3. The Balaban J connectivity index is 1.89. The summed E-state index contributed by atoms with van der Waals surface area (Å²) in [6.07, 6.45) is 2.53. The lowest BCUT2D eigenvalue weighted by molar-refractivity contribution is 0.0940. The number of nitrogens with one attached hydrogen (secondary N) is 1. The maximum atomic E-state index is 12.1. The number of benzene rings is 1. The maximum Gasteiger partial charge on any atom is 0.251 e. The highest BCUT2D eigenvalue weighted by atomic mass is 79.9. The zero-order chi connectivity index (χ0) is 13.8. The summed E-state index contributed by atoms with van der Waals surface area (Å²) in [4.78, 5) is 14.5. The first-order chi connectivity index (χ1) is 9.06. The number of carbonyl (C=O) groups is 1. The van der Waals surface area contributed by atoms with Crippen LogP contribution in [0.4, 0.5) is 5.69 Å². The van der Waals surface area contributed by atoms with Crippen LogP contribution in [0, 0.1) is 0 Å². The lowest BCUT2D eigenvalue weighted by Crippen LogP contribution is -2.40. The van der Waals surface area contributed by atoms with E-state index in [1.165, 1.54) is 12.8 Å². The predicted molar refractivity (Wildman–Crippen MR) is 81.2 cm³/mol. The van der Waals surface area contributed by atoms with Gasteiger partial charge >= 0.3 is 0 Å². The molecule has 1 fully saturated rings. The molecule has 19 heavy (non-hydrogen) atoms. The summed E-state index contributed by atoms with van der Waals surface area (Å²) in [5.41, 5.74) is 6.92. The van der Waals surface area contributed by atoms with Crippen LogP contribution in [0.1, 0.15) is 30.1 Å². The summed E-state index contributed by atoms with van der Waals surface area (Å²) in [6.45, 7) is 5.11. The number of hydrogen-bond acceptors (Lipinski definition) is 3. The molecule has 1 unspecified atom stereocenters. The monoisotopic (exact) mass is 325 g/mol. The minimum atomic E-state index is -0.0703. The Morgan fingerprint density at radius 2 is 2.11 bits per heavy atom. The number of carbonyl (C=O) groups excluding carboxylic acids is 1. The van der Waals surface area contributed by atoms with Gasteiger partial charge in [-0.2, -0.15) is 0 Å². The number of likely N-dealkylation sites (tertiary alicyclic amines) is 1. The lowest BCUT2D eigenvalue weighted by atomic mass is 10.2. The van der Waals surface area contributed by atoms with E-state index in [9.17, 15) is 4.79 Å². The van der Waals surface area contributed by atoms with Crippen molar-refractivity contribution in [3.8, 4) is 0 Å². The molecule has 0 aliphatic carbocycles. The Bertz CT molecular complexity index is 438. The SMILES string of the molecule is CC(CNC(=O)c1cc(N)cc(Br)c1)N1CCCC1. The maximum absolute atomic E-state index is 12.1. The van der Waals surface area contributed by atoms with Crippen molar-refractivity contribution in [2.24, 2.45) is 0 Å². The molecule has 0 radical (unpaired) electrons. The molecule has 1 aliphatic rings. The third-order valence-electron chi connectivity index (χ3n) is 3.50. The largest absolute Gasteiger partial charge is 0.399 e. The van der Waals surface area contributed by atoms with Gasteiger partial charge in [0.25, 0.3) is 5.91 Å². The number of anilines is 1. The van der Waals surface area contributed by atoms with E-state index in [0.29, 0.717) is 23.8 Å². The van der Waals surface area contributed by atoms with E-state index in [1.807, 2.05) is 0 Å². The fourth-order valence-electron chi connectivity index (χ4n) is 2.40. The third kappa shape index (κ3) is 3.94. The van der Waals surface area contributed by atoms with Crippen LogP contribution >= 0.6 is 15.9 Å². The van der Waals surface area contributed by atoms with Crippen molar-refractivity contribution < 1.29 is 4.79 Å². The second-order valence-corrected chi connectivity index (χ2v) is 5.99. The van der Waals surface area contributed by atoms with Gasteiger partial charge in [-0.05, 0) is 51.1 Å². The van der Waals surface area contributed by atoms with Crippen molar-refractivity contribution >= 4 is 27.5 Å². The smallest absolute Gasteiger partial charge is 0.251 e. The average Bonchev–Trinajstić information content (AvgIpc) is 2.88. The van der Waals surface area contributed by atoms with Gasteiger partial charge in [0, 0.05) is 28.3 Å². The second kappa shape index (κ2) is 6.39. The number of amides is 1. The molecular weight excluding hydrogens is 306 g/mol. The number of halogens is 1. The molecular formula is C14H20BrN3O. The molecule has 0 spiro atoms. The van der Waals surface area contributed by atoms with Crippen LogP contribution in [0.25, 0.3) is 0 Å². The molecule has 0 saturated carbocycles. The van der Waals surface area contributed by atoms with Crippen molar-refractivity contribution in [3.63, 3.8) is 0 Å². The van der Waals surface area contributed by atoms with Gasteiger partial charge in [0.2, 0.25) is 0 Å². The summed E-state index contributed by atoms with van der Waals surface area (Å²) in [7, 11) is 0. The van der Waals surface area contributed by atoms with Crippen molar-refractivity contribution in [2.75, 3.05) is 25.4 Å². The van der Waals surface area contributed by atoms with Gasteiger partial charge in [-0.3, -0.25) is 9.69 Å². The first-order valence-electron chi connectivity index (χ1n) is 6.64. The van der Waals surface area contributed by atoms with Crippen LogP contribution in [0.5, 0.6) is 0 Å². The van der Waals surface area contributed by atoms with Gasteiger partial charge in [0.1, 0.15) is 0 Å². The minimum Gasteiger partial charge on any atom is -0.399 e. The van der Waals surface area contributed by atoms with Gasteiger partial charge in [0.05, 0.1) is 0 Å². The topological polar surface area (TPSA) is 58.4 Å². The number of nitrogens with two attached hydrogens (primary N) is 1. The molecule has 1 atom stereocenters. The Morgan fingerprint density at radius 3 is 2.74 bits per heavy atom. The van der Waals surface area contributed by atoms with Gasteiger partial charge < -0.3 is 11.1 Å². The van der Waals surface area contributed by atoms with Gasteiger partial charge in [0.15, 0.2) is 0 Å². The molecule has 1 aliphatic heterocycles. The van der Waals surface area contributed by atoms with Crippen molar-refractivity contribution in [2.45, 2.75) is 25.8 Å².